The molecule has 1 aromatic rings. The third-order valence-electron chi connectivity index (χ3n) is 3.16. The zero-order valence-corrected chi connectivity index (χ0v) is 11.8. The van der Waals surface area contributed by atoms with E-state index in [0.29, 0.717) is 23.2 Å². The minimum atomic E-state index is -0.439. The van der Waals surface area contributed by atoms with E-state index in [0.717, 1.165) is 12.8 Å². The summed E-state index contributed by atoms with van der Waals surface area (Å²) in [6.45, 7) is 0.590. The fourth-order valence-electron chi connectivity index (χ4n) is 1.98. The molecule has 0 unspecified atom stereocenters. The number of carbonyl (C=O) groups excluding carboxylic acids is 2. The smallest absolute Gasteiger partial charge is 0.257 e. The lowest BCUT2D eigenvalue weighted by molar-refractivity contribution is -0.121. The van der Waals surface area contributed by atoms with Crippen LogP contribution in [0.1, 0.15) is 23.2 Å². The lowest BCUT2D eigenvalue weighted by Gasteiger charge is -2.19. The summed E-state index contributed by atoms with van der Waals surface area (Å²) in [5, 5.41) is 11.8. The number of hydrogen-bond donors (Lipinski definition) is 2. The number of hydrogen-bond acceptors (Lipinski definition) is 4. The van der Waals surface area contributed by atoms with Gasteiger partial charge in [0.25, 0.3) is 5.91 Å². The molecule has 20 heavy (non-hydrogen) atoms. The van der Waals surface area contributed by atoms with Crippen molar-refractivity contribution in [2.24, 2.45) is 0 Å². The SMILES string of the molecule is O=C(CN(CCO)C1CC1)NC(=O)c1ccc(Cl)cc1. The molecule has 0 aromatic heterocycles. The van der Waals surface area contributed by atoms with Crippen molar-refractivity contribution in [1.82, 2.24) is 10.2 Å². The van der Waals surface area contributed by atoms with Gasteiger partial charge >= 0.3 is 0 Å². The zero-order valence-electron chi connectivity index (χ0n) is 11.0. The Morgan fingerprint density at radius 3 is 2.50 bits per heavy atom. The van der Waals surface area contributed by atoms with Crippen molar-refractivity contribution < 1.29 is 14.7 Å². The number of aliphatic hydroxyl groups excluding tert-OH is 1. The molecule has 0 atom stereocenters. The highest BCUT2D eigenvalue weighted by Crippen LogP contribution is 2.25. The maximum Gasteiger partial charge on any atom is 0.257 e. The van der Waals surface area contributed by atoms with Gasteiger partial charge < -0.3 is 5.11 Å². The molecule has 0 spiro atoms. The van der Waals surface area contributed by atoms with Gasteiger partial charge in [0.15, 0.2) is 0 Å². The lowest BCUT2D eigenvalue weighted by Crippen LogP contribution is -2.42. The summed E-state index contributed by atoms with van der Waals surface area (Å²) >= 11 is 5.74. The molecule has 2 rings (SSSR count). The van der Waals surface area contributed by atoms with E-state index in [1.807, 2.05) is 4.90 Å². The number of halogens is 1. The maximum atomic E-state index is 11.8. The molecule has 0 radical (unpaired) electrons. The Morgan fingerprint density at radius 1 is 1.30 bits per heavy atom. The van der Waals surface area contributed by atoms with Crippen LogP contribution in [0.2, 0.25) is 5.02 Å². The molecule has 6 heteroatoms. The van der Waals surface area contributed by atoms with E-state index >= 15 is 0 Å². The van der Waals surface area contributed by atoms with Crippen LogP contribution in [0.4, 0.5) is 0 Å². The Balaban J connectivity index is 1.86. The number of nitrogens with zero attached hydrogens (tertiary/aromatic N) is 1. The molecule has 1 aliphatic carbocycles. The Kier molecular flexibility index (Phi) is 5.11. The van der Waals surface area contributed by atoms with Crippen molar-refractivity contribution in [3.05, 3.63) is 34.9 Å². The number of carbonyl (C=O) groups is 2. The summed E-state index contributed by atoms with van der Waals surface area (Å²) in [5.74, 6) is -0.795. The summed E-state index contributed by atoms with van der Waals surface area (Å²) in [5.41, 5.74) is 0.392. The van der Waals surface area contributed by atoms with Crippen molar-refractivity contribution in [2.75, 3.05) is 19.7 Å². The first kappa shape index (κ1) is 15.0. The average molecular weight is 297 g/mol. The van der Waals surface area contributed by atoms with Gasteiger partial charge in [-0.2, -0.15) is 0 Å². The second-order valence-electron chi connectivity index (χ2n) is 4.81. The summed E-state index contributed by atoms with van der Waals surface area (Å²) < 4.78 is 0. The highest BCUT2D eigenvalue weighted by Gasteiger charge is 2.30. The third-order valence-corrected chi connectivity index (χ3v) is 3.41. The standard InChI is InChI=1S/C14H17ClN2O3/c15-11-3-1-10(2-4-11)14(20)16-13(19)9-17(7-8-18)12-5-6-12/h1-4,12,18H,5-9H2,(H,16,19,20). The van der Waals surface area contributed by atoms with E-state index in [-0.39, 0.29) is 19.1 Å². The molecule has 5 nitrogen and oxygen atoms in total. The number of benzene rings is 1. The van der Waals surface area contributed by atoms with Crippen LogP contribution in [-0.4, -0.2) is 47.6 Å². The Morgan fingerprint density at radius 2 is 1.95 bits per heavy atom. The highest BCUT2D eigenvalue weighted by molar-refractivity contribution is 6.30. The van der Waals surface area contributed by atoms with Gasteiger partial charge in [-0.1, -0.05) is 11.6 Å². The number of imide groups is 1. The molecule has 0 aliphatic heterocycles. The zero-order chi connectivity index (χ0) is 14.5. The number of amides is 2. The molecule has 0 bridgehead atoms. The number of nitrogens with one attached hydrogen (secondary N) is 1. The molecule has 0 heterocycles. The Hall–Kier alpha value is -1.43. The quantitative estimate of drug-likeness (QED) is 0.823. The van der Waals surface area contributed by atoms with E-state index in [4.69, 9.17) is 16.7 Å². The first-order valence-corrected chi connectivity index (χ1v) is 6.92. The van der Waals surface area contributed by atoms with Gasteiger partial charge in [-0.25, -0.2) is 0 Å². The molecule has 108 valence electrons. The highest BCUT2D eigenvalue weighted by atomic mass is 35.5. The van der Waals surface area contributed by atoms with Crippen LogP contribution in [0.5, 0.6) is 0 Å². The fraction of sp³-hybridized carbons (Fsp3) is 0.429. The van der Waals surface area contributed by atoms with Crippen LogP contribution in [0.3, 0.4) is 0 Å². The van der Waals surface area contributed by atoms with E-state index in [1.165, 1.54) is 0 Å². The van der Waals surface area contributed by atoms with Gasteiger partial charge in [0.2, 0.25) is 5.91 Å². The lowest BCUT2D eigenvalue weighted by atomic mass is 10.2. The van der Waals surface area contributed by atoms with Crippen LogP contribution in [0, 0.1) is 0 Å². The third kappa shape index (κ3) is 4.30. The van der Waals surface area contributed by atoms with E-state index in [9.17, 15) is 9.59 Å². The number of rotatable bonds is 6. The molecule has 0 saturated heterocycles. The molecule has 2 N–H and O–H groups in total. The van der Waals surface area contributed by atoms with Gasteiger partial charge in [0.05, 0.1) is 13.2 Å². The summed E-state index contributed by atoms with van der Waals surface area (Å²) in [6.07, 6.45) is 2.08. The summed E-state index contributed by atoms with van der Waals surface area (Å²) in [4.78, 5) is 25.6. The van der Waals surface area contributed by atoms with Gasteiger partial charge in [-0.15, -0.1) is 0 Å². The van der Waals surface area contributed by atoms with Crippen molar-refractivity contribution in [1.29, 1.82) is 0 Å². The minimum Gasteiger partial charge on any atom is -0.395 e. The van der Waals surface area contributed by atoms with Crippen LogP contribution in [-0.2, 0) is 4.79 Å². The van der Waals surface area contributed by atoms with E-state index in [1.54, 1.807) is 24.3 Å². The first-order valence-electron chi connectivity index (χ1n) is 6.55. The largest absolute Gasteiger partial charge is 0.395 e. The molecule has 1 aliphatic rings. The average Bonchev–Trinajstić information content (AvgIpc) is 3.23. The monoisotopic (exact) mass is 296 g/mol. The molecular formula is C14H17ClN2O3. The van der Waals surface area contributed by atoms with Gasteiger partial charge in [0.1, 0.15) is 0 Å². The van der Waals surface area contributed by atoms with Crippen molar-refractivity contribution in [2.45, 2.75) is 18.9 Å². The number of aliphatic hydroxyl groups is 1. The maximum absolute atomic E-state index is 11.8. The molecule has 2 amide bonds. The van der Waals surface area contributed by atoms with Crippen LogP contribution < -0.4 is 5.32 Å². The second-order valence-corrected chi connectivity index (χ2v) is 5.25. The van der Waals surface area contributed by atoms with Crippen molar-refractivity contribution >= 4 is 23.4 Å². The van der Waals surface area contributed by atoms with Crippen LogP contribution >= 0.6 is 11.6 Å². The molecule has 1 saturated carbocycles. The van der Waals surface area contributed by atoms with Crippen LogP contribution in [0.15, 0.2) is 24.3 Å². The van der Waals surface area contributed by atoms with E-state index in [2.05, 4.69) is 5.32 Å². The van der Waals surface area contributed by atoms with Crippen molar-refractivity contribution in [3.8, 4) is 0 Å². The van der Waals surface area contributed by atoms with Gasteiger partial charge in [-0.05, 0) is 37.1 Å². The topological polar surface area (TPSA) is 69.6 Å². The second kappa shape index (κ2) is 6.83. The summed E-state index contributed by atoms with van der Waals surface area (Å²) in [6, 6.07) is 6.69. The fourth-order valence-corrected chi connectivity index (χ4v) is 2.11. The predicted molar refractivity (Wildman–Crippen MR) is 75.6 cm³/mol. The normalized spacial score (nSPS) is 14.3. The van der Waals surface area contributed by atoms with Crippen molar-refractivity contribution in [3.63, 3.8) is 0 Å². The Labute approximate surface area is 122 Å². The molecule has 1 fully saturated rings. The predicted octanol–water partition coefficient (Wildman–Crippen LogP) is 1.05. The minimum absolute atomic E-state index is 0.00884. The van der Waals surface area contributed by atoms with Gasteiger partial charge in [-0.3, -0.25) is 19.8 Å². The van der Waals surface area contributed by atoms with Gasteiger partial charge in [0, 0.05) is 23.2 Å². The first-order chi connectivity index (χ1) is 9.60. The summed E-state index contributed by atoms with van der Waals surface area (Å²) in [7, 11) is 0. The van der Waals surface area contributed by atoms with Crippen LogP contribution in [0.25, 0.3) is 0 Å². The molecular weight excluding hydrogens is 280 g/mol. The Bertz CT molecular complexity index is 486. The van der Waals surface area contributed by atoms with E-state index < -0.39 is 5.91 Å². The molecule has 1 aromatic carbocycles.